The maximum absolute atomic E-state index is 12.5. The molecule has 2 fully saturated rings. The Hall–Kier alpha value is -1.14. The lowest BCUT2D eigenvalue weighted by molar-refractivity contribution is -0.145. The number of hydrogen-bond donors (Lipinski definition) is 1. The summed E-state index contributed by atoms with van der Waals surface area (Å²) in [7, 11) is 1.82. The molecule has 1 amide bonds. The van der Waals surface area contributed by atoms with Gasteiger partial charge in [0.25, 0.3) is 0 Å². The molecule has 114 valence electrons. The van der Waals surface area contributed by atoms with E-state index >= 15 is 0 Å². The van der Waals surface area contributed by atoms with Crippen LogP contribution in [0.4, 0.5) is 0 Å². The van der Waals surface area contributed by atoms with Crippen molar-refractivity contribution < 1.29 is 19.4 Å². The zero-order chi connectivity index (χ0) is 14.7. The van der Waals surface area contributed by atoms with Gasteiger partial charge >= 0.3 is 5.97 Å². The number of carboxylic acids is 1. The number of likely N-dealkylation sites (N-methyl/N-ethyl adjacent to an activating group) is 1. The molecular formula is C14H24N2O4. The third-order valence-corrected chi connectivity index (χ3v) is 4.53. The highest BCUT2D eigenvalue weighted by atomic mass is 16.5. The third kappa shape index (κ3) is 3.12. The van der Waals surface area contributed by atoms with Crippen molar-refractivity contribution >= 4 is 11.9 Å². The van der Waals surface area contributed by atoms with Crippen molar-refractivity contribution in [3.05, 3.63) is 0 Å². The Morgan fingerprint density at radius 2 is 1.90 bits per heavy atom. The van der Waals surface area contributed by atoms with Crippen LogP contribution in [0.25, 0.3) is 0 Å². The molecule has 0 saturated carbocycles. The predicted octanol–water partition coefficient (Wildman–Crippen LogP) is 0.419. The standard InChI is InChI=1S/C14H24N2O4/c1-10(13(17)16-6-4-3-5-7-16)15(2)12-9-20-8-11(12)14(18)19/h10-12H,3-9H2,1-2H3,(H,18,19). The van der Waals surface area contributed by atoms with Gasteiger partial charge in [-0.25, -0.2) is 0 Å². The zero-order valence-corrected chi connectivity index (χ0v) is 12.2. The number of amides is 1. The molecule has 2 saturated heterocycles. The highest BCUT2D eigenvalue weighted by Gasteiger charge is 2.40. The van der Waals surface area contributed by atoms with Crippen LogP contribution in [-0.2, 0) is 14.3 Å². The Labute approximate surface area is 119 Å². The van der Waals surface area contributed by atoms with Crippen molar-refractivity contribution in [1.29, 1.82) is 0 Å². The lowest BCUT2D eigenvalue weighted by Gasteiger charge is -2.35. The Morgan fingerprint density at radius 3 is 2.50 bits per heavy atom. The van der Waals surface area contributed by atoms with E-state index in [1.54, 1.807) is 0 Å². The first-order valence-corrected chi connectivity index (χ1v) is 7.33. The second-order valence-electron chi connectivity index (χ2n) is 5.78. The molecule has 0 aromatic carbocycles. The molecule has 3 unspecified atom stereocenters. The van der Waals surface area contributed by atoms with E-state index in [0.29, 0.717) is 6.61 Å². The van der Waals surface area contributed by atoms with Crippen molar-refractivity contribution in [1.82, 2.24) is 9.80 Å². The summed E-state index contributed by atoms with van der Waals surface area (Å²) in [5, 5.41) is 9.20. The van der Waals surface area contributed by atoms with Gasteiger partial charge in [0.1, 0.15) is 0 Å². The van der Waals surface area contributed by atoms with Crippen molar-refractivity contribution in [2.45, 2.75) is 38.3 Å². The summed E-state index contributed by atoms with van der Waals surface area (Å²) in [6.07, 6.45) is 3.31. The van der Waals surface area contributed by atoms with Crippen LogP contribution < -0.4 is 0 Å². The van der Waals surface area contributed by atoms with Crippen LogP contribution in [0, 0.1) is 5.92 Å². The van der Waals surface area contributed by atoms with E-state index < -0.39 is 11.9 Å². The molecule has 20 heavy (non-hydrogen) atoms. The SMILES string of the molecule is CC(C(=O)N1CCCCC1)N(C)C1COCC1C(=O)O. The van der Waals surface area contributed by atoms with E-state index in [-0.39, 0.29) is 24.6 Å². The molecular weight excluding hydrogens is 260 g/mol. The molecule has 2 heterocycles. The lowest BCUT2D eigenvalue weighted by atomic mass is 10.0. The number of likely N-dealkylation sites (tertiary alicyclic amines) is 1. The summed E-state index contributed by atoms with van der Waals surface area (Å²) in [4.78, 5) is 27.4. The predicted molar refractivity (Wildman–Crippen MR) is 73.4 cm³/mol. The van der Waals surface area contributed by atoms with Crippen molar-refractivity contribution in [3.8, 4) is 0 Å². The number of hydrogen-bond acceptors (Lipinski definition) is 4. The van der Waals surface area contributed by atoms with E-state index in [1.165, 1.54) is 6.42 Å². The number of nitrogens with zero attached hydrogens (tertiary/aromatic N) is 2. The fourth-order valence-corrected chi connectivity index (χ4v) is 3.02. The van der Waals surface area contributed by atoms with Crippen LogP contribution in [0.5, 0.6) is 0 Å². The molecule has 6 nitrogen and oxygen atoms in total. The number of piperidine rings is 1. The second-order valence-corrected chi connectivity index (χ2v) is 5.78. The van der Waals surface area contributed by atoms with E-state index in [9.17, 15) is 14.7 Å². The summed E-state index contributed by atoms with van der Waals surface area (Å²) < 4.78 is 5.28. The molecule has 0 aliphatic carbocycles. The second kappa shape index (κ2) is 6.54. The van der Waals surface area contributed by atoms with Gasteiger partial charge < -0.3 is 14.7 Å². The Kier molecular flexibility index (Phi) is 4.99. The average molecular weight is 284 g/mol. The number of carboxylic acid groups (broad SMARTS) is 1. The van der Waals surface area contributed by atoms with Crippen molar-refractivity contribution in [2.24, 2.45) is 5.92 Å². The van der Waals surface area contributed by atoms with Gasteiger partial charge in [0.05, 0.1) is 25.2 Å². The molecule has 0 aromatic rings. The van der Waals surface area contributed by atoms with Crippen molar-refractivity contribution in [2.75, 3.05) is 33.4 Å². The fraction of sp³-hybridized carbons (Fsp3) is 0.857. The normalized spacial score (nSPS) is 28.6. The van der Waals surface area contributed by atoms with Gasteiger partial charge in [-0.3, -0.25) is 14.5 Å². The summed E-state index contributed by atoms with van der Waals surface area (Å²) in [6.45, 7) is 4.11. The highest BCUT2D eigenvalue weighted by molar-refractivity contribution is 5.81. The van der Waals surface area contributed by atoms with Gasteiger partial charge in [-0.05, 0) is 33.2 Å². The molecule has 0 aromatic heterocycles. The molecule has 2 aliphatic heterocycles. The van der Waals surface area contributed by atoms with Crippen LogP contribution >= 0.6 is 0 Å². The largest absolute Gasteiger partial charge is 0.481 e. The zero-order valence-electron chi connectivity index (χ0n) is 12.2. The number of rotatable bonds is 4. The Balaban J connectivity index is 1.98. The van der Waals surface area contributed by atoms with Gasteiger partial charge in [0.15, 0.2) is 0 Å². The summed E-state index contributed by atoms with van der Waals surface area (Å²) in [6, 6.07) is -0.530. The molecule has 1 N–H and O–H groups in total. The monoisotopic (exact) mass is 284 g/mol. The van der Waals surface area contributed by atoms with Crippen molar-refractivity contribution in [3.63, 3.8) is 0 Å². The average Bonchev–Trinajstić information content (AvgIpc) is 2.95. The minimum atomic E-state index is -0.850. The van der Waals surface area contributed by atoms with Gasteiger partial charge in [-0.2, -0.15) is 0 Å². The van der Waals surface area contributed by atoms with Crippen LogP contribution in [0.3, 0.4) is 0 Å². The summed E-state index contributed by atoms with van der Waals surface area (Å²) in [5.41, 5.74) is 0. The fourth-order valence-electron chi connectivity index (χ4n) is 3.02. The summed E-state index contributed by atoms with van der Waals surface area (Å²) in [5.74, 6) is -1.29. The maximum Gasteiger partial charge on any atom is 0.310 e. The third-order valence-electron chi connectivity index (χ3n) is 4.53. The molecule has 0 bridgehead atoms. The molecule has 6 heteroatoms. The van der Waals surface area contributed by atoms with Crippen LogP contribution in [0.2, 0.25) is 0 Å². The minimum absolute atomic E-state index is 0.100. The molecule has 2 rings (SSSR count). The minimum Gasteiger partial charge on any atom is -0.481 e. The van der Waals surface area contributed by atoms with E-state index in [1.807, 2.05) is 23.8 Å². The van der Waals surface area contributed by atoms with Gasteiger partial charge in [-0.1, -0.05) is 0 Å². The lowest BCUT2D eigenvalue weighted by Crippen LogP contribution is -2.53. The number of carbonyl (C=O) groups is 2. The summed E-state index contributed by atoms with van der Waals surface area (Å²) >= 11 is 0. The van der Waals surface area contributed by atoms with Gasteiger partial charge in [0.2, 0.25) is 5.91 Å². The van der Waals surface area contributed by atoms with Crippen LogP contribution in [0.1, 0.15) is 26.2 Å². The first-order valence-electron chi connectivity index (χ1n) is 7.33. The number of carbonyl (C=O) groups excluding carboxylic acids is 1. The Bertz CT molecular complexity index is 368. The molecule has 0 spiro atoms. The van der Waals surface area contributed by atoms with Crippen LogP contribution in [0.15, 0.2) is 0 Å². The molecule has 0 radical (unpaired) electrons. The van der Waals surface area contributed by atoms with E-state index in [0.717, 1.165) is 25.9 Å². The van der Waals surface area contributed by atoms with Gasteiger partial charge in [-0.15, -0.1) is 0 Å². The van der Waals surface area contributed by atoms with Gasteiger partial charge in [0, 0.05) is 19.1 Å². The van der Waals surface area contributed by atoms with E-state index in [4.69, 9.17) is 4.74 Å². The first kappa shape index (κ1) is 15.3. The maximum atomic E-state index is 12.5. The van der Waals surface area contributed by atoms with E-state index in [2.05, 4.69) is 0 Å². The number of aliphatic carboxylic acids is 1. The quantitative estimate of drug-likeness (QED) is 0.810. The highest BCUT2D eigenvalue weighted by Crippen LogP contribution is 2.22. The smallest absolute Gasteiger partial charge is 0.310 e. The topological polar surface area (TPSA) is 70.1 Å². The molecule has 2 aliphatic rings. The number of ether oxygens (including phenoxy) is 1. The van der Waals surface area contributed by atoms with Crippen LogP contribution in [-0.4, -0.2) is 72.2 Å². The molecule has 3 atom stereocenters. The first-order chi connectivity index (χ1) is 9.52. The Morgan fingerprint density at radius 1 is 1.25 bits per heavy atom.